The fourth-order valence-corrected chi connectivity index (χ4v) is 1.06. The molecule has 0 aliphatic rings. The molecule has 0 fully saturated rings. The molecule has 0 radical (unpaired) electrons. The van der Waals surface area contributed by atoms with Gasteiger partial charge in [-0.15, -0.1) is 0 Å². The van der Waals surface area contributed by atoms with E-state index in [0.29, 0.717) is 6.42 Å². The first-order valence-electron chi connectivity index (χ1n) is 4.99. The second kappa shape index (κ2) is 6.83. The highest BCUT2D eigenvalue weighted by Crippen LogP contribution is 2.25. The maximum Gasteiger partial charge on any atom is 0.412 e. The van der Waals surface area contributed by atoms with Gasteiger partial charge in [0.05, 0.1) is 6.54 Å². The number of halogens is 5. The first-order valence-corrected chi connectivity index (χ1v) is 4.99. The summed E-state index contributed by atoms with van der Waals surface area (Å²) in [5.74, 6) is 0. The van der Waals surface area contributed by atoms with Gasteiger partial charge in [-0.1, -0.05) is 6.08 Å². The van der Waals surface area contributed by atoms with E-state index < -0.39 is 24.7 Å². The van der Waals surface area contributed by atoms with Crippen LogP contribution in [0.3, 0.4) is 0 Å². The zero-order valence-electron chi connectivity index (χ0n) is 9.24. The zero-order valence-corrected chi connectivity index (χ0v) is 9.24. The quantitative estimate of drug-likeness (QED) is 0.557. The minimum absolute atomic E-state index is 0.216. The Morgan fingerprint density at radius 3 is 2.31 bits per heavy atom. The third-order valence-corrected chi connectivity index (χ3v) is 2.12. The summed E-state index contributed by atoms with van der Waals surface area (Å²) in [4.78, 5) is 0. The van der Waals surface area contributed by atoms with Gasteiger partial charge in [0.25, 0.3) is 6.43 Å². The van der Waals surface area contributed by atoms with Crippen LogP contribution in [-0.4, -0.2) is 25.2 Å². The minimum atomic E-state index is -4.29. The molecule has 0 saturated carbocycles. The Hall–Kier alpha value is -0.650. The molecule has 96 valence electrons. The maximum absolute atomic E-state index is 12.0. The Morgan fingerprint density at radius 2 is 1.88 bits per heavy atom. The Morgan fingerprint density at radius 1 is 1.31 bits per heavy atom. The normalized spacial score (nSPS) is 15.6. The largest absolute Gasteiger partial charge is 0.412 e. The topological polar surface area (TPSA) is 12.0 Å². The fourth-order valence-electron chi connectivity index (χ4n) is 1.06. The molecule has 1 nitrogen and oxygen atoms in total. The van der Waals surface area contributed by atoms with E-state index in [9.17, 15) is 22.0 Å². The van der Waals surface area contributed by atoms with Crippen molar-refractivity contribution in [2.75, 3.05) is 6.54 Å². The van der Waals surface area contributed by atoms with Gasteiger partial charge < -0.3 is 5.32 Å². The molecule has 0 aromatic heterocycles. The molecule has 16 heavy (non-hydrogen) atoms. The van der Waals surface area contributed by atoms with Gasteiger partial charge in [-0.05, 0) is 26.7 Å². The van der Waals surface area contributed by atoms with Crippen LogP contribution in [0.25, 0.3) is 0 Å². The summed E-state index contributed by atoms with van der Waals surface area (Å²) < 4.78 is 59.7. The minimum Gasteiger partial charge on any atom is -0.309 e. The van der Waals surface area contributed by atoms with Crippen molar-refractivity contribution in [2.24, 2.45) is 0 Å². The van der Waals surface area contributed by atoms with E-state index in [1.54, 1.807) is 6.92 Å². The van der Waals surface area contributed by atoms with Gasteiger partial charge in [0.2, 0.25) is 0 Å². The van der Waals surface area contributed by atoms with Crippen LogP contribution in [0.1, 0.15) is 26.7 Å². The SMILES string of the molecule is C/C(=C/CCC(C)NCC(F)F)C(F)(F)F. The lowest BCUT2D eigenvalue weighted by Gasteiger charge is -2.12. The molecular weight excluding hydrogens is 229 g/mol. The number of nitrogens with one attached hydrogen (secondary N) is 1. The molecule has 0 aliphatic heterocycles. The fraction of sp³-hybridized carbons (Fsp3) is 0.800. The van der Waals surface area contributed by atoms with Crippen molar-refractivity contribution >= 4 is 0 Å². The number of hydrogen-bond donors (Lipinski definition) is 1. The second-order valence-electron chi connectivity index (χ2n) is 3.66. The predicted molar refractivity (Wildman–Crippen MR) is 52.5 cm³/mol. The summed E-state index contributed by atoms with van der Waals surface area (Å²) in [7, 11) is 0. The van der Waals surface area contributed by atoms with Crippen LogP contribution >= 0.6 is 0 Å². The third-order valence-electron chi connectivity index (χ3n) is 2.12. The van der Waals surface area contributed by atoms with Crippen molar-refractivity contribution in [1.82, 2.24) is 5.32 Å². The molecular formula is C10H16F5N. The molecule has 0 heterocycles. The van der Waals surface area contributed by atoms with Gasteiger partial charge in [0.1, 0.15) is 0 Å². The smallest absolute Gasteiger partial charge is 0.309 e. The maximum atomic E-state index is 12.0. The van der Waals surface area contributed by atoms with Crippen molar-refractivity contribution in [3.05, 3.63) is 11.6 Å². The standard InChI is InChI=1S/C10H16F5N/c1-7(10(13,14)15)4-3-5-8(2)16-6-9(11)12/h4,8-9,16H,3,5-6H2,1-2H3/b7-4-. The first-order chi connectivity index (χ1) is 7.23. The Labute approximate surface area is 91.7 Å². The van der Waals surface area contributed by atoms with E-state index >= 15 is 0 Å². The molecule has 0 amide bonds. The summed E-state index contributed by atoms with van der Waals surface area (Å²) in [6, 6.07) is -0.216. The van der Waals surface area contributed by atoms with Gasteiger partial charge >= 0.3 is 6.18 Å². The molecule has 1 N–H and O–H groups in total. The molecule has 1 atom stereocenters. The molecule has 0 aromatic rings. The van der Waals surface area contributed by atoms with Gasteiger partial charge in [-0.2, -0.15) is 13.2 Å². The number of allylic oxidation sites excluding steroid dienone is 2. The Kier molecular flexibility index (Phi) is 6.55. The lowest BCUT2D eigenvalue weighted by Crippen LogP contribution is -2.30. The van der Waals surface area contributed by atoms with Gasteiger partial charge in [0.15, 0.2) is 0 Å². The predicted octanol–water partition coefficient (Wildman–Crippen LogP) is 3.52. The van der Waals surface area contributed by atoms with E-state index in [-0.39, 0.29) is 12.5 Å². The van der Waals surface area contributed by atoms with Crippen LogP contribution in [0.2, 0.25) is 0 Å². The molecule has 6 heteroatoms. The Balaban J connectivity index is 3.81. The lowest BCUT2D eigenvalue weighted by atomic mass is 10.1. The molecule has 0 aromatic carbocycles. The first kappa shape index (κ1) is 15.3. The average molecular weight is 245 g/mol. The number of hydrogen-bond acceptors (Lipinski definition) is 1. The van der Waals surface area contributed by atoms with Crippen LogP contribution in [0.4, 0.5) is 22.0 Å². The molecule has 0 rings (SSSR count). The van der Waals surface area contributed by atoms with Gasteiger partial charge in [0, 0.05) is 11.6 Å². The lowest BCUT2D eigenvalue weighted by molar-refractivity contribution is -0.0915. The summed E-state index contributed by atoms with van der Waals surface area (Å²) in [5, 5.41) is 2.53. The highest BCUT2D eigenvalue weighted by atomic mass is 19.4. The van der Waals surface area contributed by atoms with E-state index in [0.717, 1.165) is 13.0 Å². The van der Waals surface area contributed by atoms with Crippen molar-refractivity contribution < 1.29 is 22.0 Å². The van der Waals surface area contributed by atoms with Crippen LogP contribution in [0, 0.1) is 0 Å². The van der Waals surface area contributed by atoms with E-state index in [1.807, 2.05) is 0 Å². The van der Waals surface area contributed by atoms with Gasteiger partial charge in [-0.25, -0.2) is 8.78 Å². The van der Waals surface area contributed by atoms with Crippen molar-refractivity contribution in [1.29, 1.82) is 0 Å². The number of rotatable bonds is 6. The summed E-state index contributed by atoms with van der Waals surface area (Å²) in [6.45, 7) is 2.24. The van der Waals surface area contributed by atoms with E-state index in [1.165, 1.54) is 0 Å². The summed E-state index contributed by atoms with van der Waals surface area (Å²) in [6.07, 6.45) is -5.02. The van der Waals surface area contributed by atoms with Gasteiger partial charge in [-0.3, -0.25) is 0 Å². The highest BCUT2D eigenvalue weighted by Gasteiger charge is 2.29. The van der Waals surface area contributed by atoms with E-state index in [4.69, 9.17) is 0 Å². The van der Waals surface area contributed by atoms with Crippen molar-refractivity contribution in [3.8, 4) is 0 Å². The summed E-state index contributed by atoms with van der Waals surface area (Å²) >= 11 is 0. The molecule has 0 bridgehead atoms. The zero-order chi connectivity index (χ0) is 12.8. The molecule has 0 spiro atoms. The molecule has 1 unspecified atom stereocenters. The molecule has 0 aliphatic carbocycles. The molecule has 0 saturated heterocycles. The average Bonchev–Trinajstić information content (AvgIpc) is 2.13. The third kappa shape index (κ3) is 7.62. The number of alkyl halides is 5. The second-order valence-corrected chi connectivity index (χ2v) is 3.66. The van der Waals surface area contributed by atoms with Crippen LogP contribution < -0.4 is 5.32 Å². The van der Waals surface area contributed by atoms with Crippen LogP contribution in [-0.2, 0) is 0 Å². The van der Waals surface area contributed by atoms with Crippen LogP contribution in [0.5, 0.6) is 0 Å². The van der Waals surface area contributed by atoms with E-state index in [2.05, 4.69) is 5.32 Å². The highest BCUT2D eigenvalue weighted by molar-refractivity contribution is 5.04. The van der Waals surface area contributed by atoms with Crippen molar-refractivity contribution in [3.63, 3.8) is 0 Å². The Bertz CT molecular complexity index is 222. The van der Waals surface area contributed by atoms with Crippen LogP contribution in [0.15, 0.2) is 11.6 Å². The van der Waals surface area contributed by atoms with Crippen molar-refractivity contribution in [2.45, 2.75) is 45.3 Å². The summed E-state index contributed by atoms with van der Waals surface area (Å²) in [5.41, 5.74) is -0.645. The monoisotopic (exact) mass is 245 g/mol.